The van der Waals surface area contributed by atoms with Gasteiger partial charge < -0.3 is 32.6 Å². The van der Waals surface area contributed by atoms with E-state index in [1.54, 1.807) is 0 Å². The molecule has 80 heavy (non-hydrogen) atoms. The monoisotopic (exact) mass is 1220 g/mol. The van der Waals surface area contributed by atoms with Crippen LogP contribution in [0.25, 0.3) is 0 Å². The molecule has 3 saturated heterocycles. The summed E-state index contributed by atoms with van der Waals surface area (Å²) in [7, 11) is -7.22. The molecule has 3 fully saturated rings. The molecule has 6 rings (SSSR count). The van der Waals surface area contributed by atoms with Gasteiger partial charge in [0.15, 0.2) is 22.4 Å². The molecule has 3 heterocycles. The van der Waals surface area contributed by atoms with Gasteiger partial charge in [0, 0.05) is 31.0 Å². The fourth-order valence-electron chi connectivity index (χ4n) is 11.7. The van der Waals surface area contributed by atoms with E-state index >= 15 is 0 Å². The summed E-state index contributed by atoms with van der Waals surface area (Å²) in [5.41, 5.74) is 1.14. The molecule has 3 aromatic rings. The maximum Gasteiger partial charge on any atom is 0.261 e. The predicted octanol–water partition coefficient (Wildman–Crippen LogP) is 17.1. The lowest BCUT2D eigenvalue weighted by Gasteiger charge is -2.48. The minimum absolute atomic E-state index is 0.0129. The minimum Gasteiger partial charge on any atom is -0.414 e. The summed E-state index contributed by atoms with van der Waals surface area (Å²) >= 11 is 8.54. The van der Waals surface area contributed by atoms with Crippen molar-refractivity contribution in [3.8, 4) is 0 Å². The van der Waals surface area contributed by atoms with Crippen LogP contribution in [-0.4, -0.2) is 111 Å². The molecule has 0 spiro atoms. The summed E-state index contributed by atoms with van der Waals surface area (Å²) in [6, 6.07) is 32.6. The van der Waals surface area contributed by atoms with Crippen molar-refractivity contribution >= 4 is 82.4 Å². The molecule has 3 aliphatic rings. The smallest absolute Gasteiger partial charge is 0.261 e. The van der Waals surface area contributed by atoms with Crippen LogP contribution >= 0.6 is 47.0 Å². The standard InChI is InChI=1S/C66H108O7S4Si3/c1-18-52(49-69-80(63(9,10)11,55-35-25-21-26-36-55)56-37-27-22-28-38-56)60(73-79(16,17)62(6,7)8)47-65(74-40-30-41-75-65)39-29-34-53(72-78(14,15)61(3,4)5)45-66(76-42-31-43-77-66)46-58(67)57(19-2)59-44-54(70-64(12,13)71-59)50-68-48-51-32-23-20-24-33-51/h19-28,32-33,35-38,52-54,57-60,67H,2,18,29-31,34,39-50H2,1,3-17H3/t52-,53+,54-,57-,58+,59+,60-/m1/s1. The van der Waals surface area contributed by atoms with E-state index < -0.39 is 36.8 Å². The van der Waals surface area contributed by atoms with Crippen LogP contribution in [0.3, 0.4) is 0 Å². The van der Waals surface area contributed by atoms with Gasteiger partial charge in [-0.15, -0.1) is 53.6 Å². The van der Waals surface area contributed by atoms with Gasteiger partial charge in [-0.05, 0) is 152 Å². The number of ether oxygens (including phenoxy) is 3. The largest absolute Gasteiger partial charge is 0.414 e. The van der Waals surface area contributed by atoms with E-state index in [2.05, 4.69) is 222 Å². The summed E-state index contributed by atoms with van der Waals surface area (Å²) in [6.45, 7) is 43.6. The quantitative estimate of drug-likeness (QED) is 0.0558. The van der Waals surface area contributed by atoms with Crippen molar-refractivity contribution in [2.24, 2.45) is 11.8 Å². The number of rotatable bonds is 28. The van der Waals surface area contributed by atoms with E-state index in [0.29, 0.717) is 32.7 Å². The second kappa shape index (κ2) is 29.2. The number of aliphatic hydroxyl groups excluding tert-OH is 1. The molecule has 0 radical (unpaired) electrons. The zero-order chi connectivity index (χ0) is 58.7. The normalized spacial score (nSPS) is 22.2. The number of hydrogen-bond donors (Lipinski definition) is 1. The van der Waals surface area contributed by atoms with Gasteiger partial charge in [0.25, 0.3) is 8.32 Å². The molecule has 1 N–H and O–H groups in total. The highest BCUT2D eigenvalue weighted by atomic mass is 32.2. The van der Waals surface area contributed by atoms with Crippen molar-refractivity contribution in [1.82, 2.24) is 0 Å². The third-order valence-corrected chi connectivity index (χ3v) is 39.1. The highest BCUT2D eigenvalue weighted by Crippen LogP contribution is 2.54. The van der Waals surface area contributed by atoms with Crippen LogP contribution in [0.1, 0.15) is 153 Å². The summed E-state index contributed by atoms with van der Waals surface area (Å²) in [5, 5.41) is 15.3. The Morgan fingerprint density at radius 2 is 1.20 bits per heavy atom. The molecule has 0 aromatic heterocycles. The zero-order valence-corrected chi connectivity index (χ0v) is 58.8. The first-order valence-corrected chi connectivity index (χ1v) is 42.1. The predicted molar refractivity (Wildman–Crippen MR) is 358 cm³/mol. The van der Waals surface area contributed by atoms with Crippen LogP contribution in [0.5, 0.6) is 0 Å². The van der Waals surface area contributed by atoms with Crippen LogP contribution in [0, 0.1) is 11.8 Å². The molecule has 7 atom stereocenters. The average Bonchev–Trinajstić information content (AvgIpc) is 3.38. The summed E-state index contributed by atoms with van der Waals surface area (Å²) in [4.78, 5) is 0. The van der Waals surface area contributed by atoms with Crippen molar-refractivity contribution in [2.45, 2.75) is 240 Å². The molecular weight excluding hydrogens is 1120 g/mol. The Bertz CT molecular complexity index is 2250. The second-order valence-corrected chi connectivity index (χ2v) is 48.1. The van der Waals surface area contributed by atoms with Crippen LogP contribution in [0.15, 0.2) is 104 Å². The zero-order valence-electron chi connectivity index (χ0n) is 52.5. The summed E-state index contributed by atoms with van der Waals surface area (Å²) in [6.07, 6.45) is 10.7. The lowest BCUT2D eigenvalue weighted by Crippen LogP contribution is -2.67. The summed E-state index contributed by atoms with van der Waals surface area (Å²) in [5.74, 6) is 3.65. The molecule has 3 aliphatic heterocycles. The number of aliphatic hydroxyl groups is 1. The van der Waals surface area contributed by atoms with Gasteiger partial charge in [-0.25, -0.2) is 0 Å². The first-order valence-electron chi connectivity index (χ1n) is 30.4. The van der Waals surface area contributed by atoms with E-state index in [1.807, 2.05) is 38.1 Å². The lowest BCUT2D eigenvalue weighted by atomic mass is 9.87. The van der Waals surface area contributed by atoms with E-state index in [0.717, 1.165) is 55.6 Å². The van der Waals surface area contributed by atoms with E-state index in [1.165, 1.54) is 34.7 Å². The van der Waals surface area contributed by atoms with Gasteiger partial charge in [-0.1, -0.05) is 166 Å². The van der Waals surface area contributed by atoms with Gasteiger partial charge in [0.1, 0.15) is 0 Å². The Balaban J connectivity index is 1.26. The Morgan fingerprint density at radius 3 is 1.70 bits per heavy atom. The Kier molecular flexibility index (Phi) is 25.0. The minimum atomic E-state index is -2.79. The number of benzene rings is 3. The highest BCUT2D eigenvalue weighted by molar-refractivity contribution is 8.19. The lowest BCUT2D eigenvalue weighted by molar-refractivity contribution is -0.314. The van der Waals surface area contributed by atoms with Crippen molar-refractivity contribution in [3.63, 3.8) is 0 Å². The van der Waals surface area contributed by atoms with E-state index in [9.17, 15) is 5.11 Å². The topological polar surface area (TPSA) is 75.6 Å². The first-order chi connectivity index (χ1) is 37.5. The van der Waals surface area contributed by atoms with Crippen LogP contribution in [0.4, 0.5) is 0 Å². The molecule has 14 heteroatoms. The molecule has 3 aromatic carbocycles. The van der Waals surface area contributed by atoms with Gasteiger partial charge in [0.2, 0.25) is 0 Å². The summed E-state index contributed by atoms with van der Waals surface area (Å²) < 4.78 is 42.5. The Labute approximate surface area is 508 Å². The van der Waals surface area contributed by atoms with E-state index in [4.69, 9.17) is 27.5 Å². The molecule has 7 nitrogen and oxygen atoms in total. The van der Waals surface area contributed by atoms with Crippen LogP contribution < -0.4 is 10.4 Å². The molecule has 0 amide bonds. The first kappa shape index (κ1) is 68.3. The van der Waals surface area contributed by atoms with Gasteiger partial charge >= 0.3 is 0 Å². The third kappa shape index (κ3) is 18.4. The van der Waals surface area contributed by atoms with Crippen LogP contribution in [0.2, 0.25) is 41.3 Å². The van der Waals surface area contributed by atoms with Gasteiger partial charge in [-0.2, -0.15) is 0 Å². The van der Waals surface area contributed by atoms with Crippen LogP contribution in [-0.2, 0) is 34.1 Å². The maximum absolute atomic E-state index is 12.6. The second-order valence-electron chi connectivity index (χ2n) is 27.9. The van der Waals surface area contributed by atoms with E-state index in [-0.39, 0.29) is 59.5 Å². The molecule has 0 bridgehead atoms. The molecule has 450 valence electrons. The maximum atomic E-state index is 12.6. The number of thioether (sulfide) groups is 4. The van der Waals surface area contributed by atoms with Crippen molar-refractivity contribution in [2.75, 3.05) is 36.2 Å². The SMILES string of the molecule is C=C[C@@H]([C@@H]1C[C@H](COCc2ccccc2)OC(C)(C)O1)[C@@H](O)CC1(C[C@H](CCCC2(C[C@@H](O[Si](C)(C)C(C)(C)C)[C@H](CC)CO[Si](c3ccccc3)(c3ccccc3)C(C)(C)C)SCCCS2)O[Si](C)(C)C(C)(C)C)SCCCS1. The van der Waals surface area contributed by atoms with Gasteiger partial charge in [-0.3, -0.25) is 0 Å². The third-order valence-electron chi connectivity index (χ3n) is 18.1. The molecule has 0 unspecified atom stereocenters. The fourth-order valence-corrected chi connectivity index (χ4v) is 26.1. The Hall–Kier alpha value is -0.829. The van der Waals surface area contributed by atoms with Crippen molar-refractivity contribution in [1.29, 1.82) is 0 Å². The fraction of sp³-hybridized carbons (Fsp3) is 0.697. The number of hydrogen-bond acceptors (Lipinski definition) is 11. The van der Waals surface area contributed by atoms with Gasteiger partial charge in [0.05, 0.1) is 45.8 Å². The van der Waals surface area contributed by atoms with Crippen molar-refractivity contribution < 1.29 is 32.6 Å². The molecule has 0 aliphatic carbocycles. The van der Waals surface area contributed by atoms with Crippen molar-refractivity contribution in [3.05, 3.63) is 109 Å². The average molecular weight is 1230 g/mol. The molecular formula is C66H108O7S4Si3. The molecule has 0 saturated carbocycles. The highest BCUT2D eigenvalue weighted by Gasteiger charge is 2.52. The Morgan fingerprint density at radius 1 is 0.688 bits per heavy atom.